The fourth-order valence-corrected chi connectivity index (χ4v) is 0.308. The molecule has 0 bridgehead atoms. The number of ether oxygens (including phenoxy) is 2. The van der Waals surface area contributed by atoms with Gasteiger partial charge in [0.25, 0.3) is 12.7 Å². The zero-order valence-corrected chi connectivity index (χ0v) is 6.20. The van der Waals surface area contributed by atoms with E-state index < -0.39 is 18.9 Å². The highest BCUT2D eigenvalue weighted by Gasteiger charge is 2.13. The zero-order chi connectivity index (χ0) is 9.56. The van der Waals surface area contributed by atoms with Gasteiger partial charge in [0.2, 0.25) is 0 Å². The van der Waals surface area contributed by atoms with Crippen molar-refractivity contribution in [2.24, 2.45) is 0 Å². The highest BCUT2D eigenvalue weighted by molar-refractivity contribution is 5.60. The quantitative estimate of drug-likeness (QED) is 0.488. The summed E-state index contributed by atoms with van der Waals surface area (Å²) in [6.07, 6.45) is -3.98. The molecule has 0 saturated heterocycles. The van der Waals surface area contributed by atoms with E-state index in [0.717, 1.165) is 12.2 Å². The second-order valence-corrected chi connectivity index (χ2v) is 1.66. The van der Waals surface area contributed by atoms with Crippen LogP contribution in [-0.4, -0.2) is 18.9 Å². The van der Waals surface area contributed by atoms with Gasteiger partial charge < -0.3 is 9.47 Å². The lowest BCUT2D eigenvalue weighted by molar-refractivity contribution is -0.0437. The van der Waals surface area contributed by atoms with E-state index >= 15 is 0 Å². The van der Waals surface area contributed by atoms with Crippen LogP contribution in [-0.2, 0) is 9.47 Å². The normalized spacial score (nSPS) is 14.2. The largest absolute Gasteiger partial charge is 0.513 e. The molecule has 0 aliphatic heterocycles. The minimum absolute atomic E-state index is 0.725. The van der Waals surface area contributed by atoms with E-state index in [2.05, 4.69) is 22.6 Å². The number of carbonyl (C=O) groups excluding carboxylic acids is 1. The maximum Gasteiger partial charge on any atom is 0.513 e. The zero-order valence-electron chi connectivity index (χ0n) is 6.20. The van der Waals surface area contributed by atoms with Crippen LogP contribution in [0.15, 0.2) is 25.3 Å². The molecule has 2 atom stereocenters. The highest BCUT2D eigenvalue weighted by atomic mass is 19.2. The number of hydrogen-bond acceptors (Lipinski definition) is 3. The van der Waals surface area contributed by atoms with Crippen molar-refractivity contribution in [3.63, 3.8) is 0 Å². The number of alkyl halides is 2. The van der Waals surface area contributed by atoms with Crippen LogP contribution in [0, 0.1) is 0 Å². The molecule has 0 fully saturated rings. The maximum atomic E-state index is 12.1. The molecule has 68 valence electrons. The summed E-state index contributed by atoms with van der Waals surface area (Å²) >= 11 is 0. The number of carbonyl (C=O) groups is 1. The Bertz CT molecular complexity index is 163. The van der Waals surface area contributed by atoms with Crippen LogP contribution in [0.3, 0.4) is 0 Å². The summed E-state index contributed by atoms with van der Waals surface area (Å²) in [4.78, 5) is 10.4. The van der Waals surface area contributed by atoms with E-state index in [1.54, 1.807) is 0 Å². The van der Waals surface area contributed by atoms with Crippen molar-refractivity contribution in [2.45, 2.75) is 12.7 Å². The first kappa shape index (κ1) is 10.6. The van der Waals surface area contributed by atoms with Crippen molar-refractivity contribution < 1.29 is 23.0 Å². The molecule has 2 unspecified atom stereocenters. The van der Waals surface area contributed by atoms with E-state index in [9.17, 15) is 13.6 Å². The average molecular weight is 178 g/mol. The number of halogens is 2. The molecule has 5 heteroatoms. The van der Waals surface area contributed by atoms with Crippen LogP contribution >= 0.6 is 0 Å². The fraction of sp³-hybridized carbons (Fsp3) is 0.286. The van der Waals surface area contributed by atoms with Crippen molar-refractivity contribution in [1.29, 1.82) is 0 Å². The Morgan fingerprint density at radius 3 is 1.75 bits per heavy atom. The summed E-state index contributed by atoms with van der Waals surface area (Å²) in [5.41, 5.74) is 0. The Labute approximate surface area is 68.3 Å². The fourth-order valence-electron chi connectivity index (χ4n) is 0.308. The molecule has 0 N–H and O–H groups in total. The minimum Gasteiger partial charge on any atom is -0.396 e. The highest BCUT2D eigenvalue weighted by Crippen LogP contribution is 2.01. The van der Waals surface area contributed by atoms with Crippen LogP contribution < -0.4 is 0 Å². The Kier molecular flexibility index (Phi) is 4.67. The summed E-state index contributed by atoms with van der Waals surface area (Å²) < 4.78 is 32.0. The third-order valence-electron chi connectivity index (χ3n) is 0.788. The average Bonchev–Trinajstić information content (AvgIpc) is 2.03. The van der Waals surface area contributed by atoms with Gasteiger partial charge in [0.05, 0.1) is 0 Å². The van der Waals surface area contributed by atoms with Crippen LogP contribution in [0.4, 0.5) is 13.6 Å². The van der Waals surface area contributed by atoms with Crippen molar-refractivity contribution in [3.05, 3.63) is 25.3 Å². The summed E-state index contributed by atoms with van der Waals surface area (Å²) in [5.74, 6) is 0. The van der Waals surface area contributed by atoms with Gasteiger partial charge in [-0.05, 0) is 12.2 Å². The molecule has 0 aliphatic rings. The van der Waals surface area contributed by atoms with Gasteiger partial charge in [0.15, 0.2) is 0 Å². The van der Waals surface area contributed by atoms with Gasteiger partial charge in [-0.1, -0.05) is 13.2 Å². The van der Waals surface area contributed by atoms with Crippen molar-refractivity contribution in [2.75, 3.05) is 0 Å². The van der Waals surface area contributed by atoms with Crippen LogP contribution in [0.1, 0.15) is 0 Å². The van der Waals surface area contributed by atoms with Gasteiger partial charge in [-0.25, -0.2) is 4.79 Å². The monoisotopic (exact) mass is 178 g/mol. The van der Waals surface area contributed by atoms with Crippen LogP contribution in [0.25, 0.3) is 0 Å². The molecule has 12 heavy (non-hydrogen) atoms. The standard InChI is InChI=1S/C7H8F2O3/c1-3-5(8)11-7(10)12-6(9)4-2/h3-6H,1-2H2. The summed E-state index contributed by atoms with van der Waals surface area (Å²) in [6, 6.07) is 0. The molecular weight excluding hydrogens is 170 g/mol. The lowest BCUT2D eigenvalue weighted by Crippen LogP contribution is -2.16. The molecule has 0 aromatic carbocycles. The molecule has 0 aromatic rings. The van der Waals surface area contributed by atoms with Crippen LogP contribution in [0.2, 0.25) is 0 Å². The summed E-state index contributed by atoms with van der Waals surface area (Å²) in [6.45, 7) is 5.98. The summed E-state index contributed by atoms with van der Waals surface area (Å²) in [7, 11) is 0. The molecule has 0 aliphatic carbocycles. The smallest absolute Gasteiger partial charge is 0.396 e. The first-order valence-electron chi connectivity index (χ1n) is 3.00. The molecule has 0 amide bonds. The Morgan fingerprint density at radius 2 is 1.50 bits per heavy atom. The third kappa shape index (κ3) is 4.43. The Morgan fingerprint density at radius 1 is 1.17 bits per heavy atom. The lowest BCUT2D eigenvalue weighted by atomic mass is 10.6. The lowest BCUT2D eigenvalue weighted by Gasteiger charge is -2.07. The van der Waals surface area contributed by atoms with Gasteiger partial charge in [-0.3, -0.25) is 0 Å². The van der Waals surface area contributed by atoms with Gasteiger partial charge >= 0.3 is 6.16 Å². The molecular formula is C7H8F2O3. The first-order valence-corrected chi connectivity index (χ1v) is 3.00. The summed E-state index contributed by atoms with van der Waals surface area (Å²) in [5, 5.41) is 0. The number of rotatable bonds is 4. The molecule has 0 radical (unpaired) electrons. The van der Waals surface area contributed by atoms with E-state index in [1.165, 1.54) is 0 Å². The Hall–Kier alpha value is -1.39. The SMILES string of the molecule is C=CC(F)OC(=O)OC(F)C=C. The van der Waals surface area contributed by atoms with E-state index in [-0.39, 0.29) is 0 Å². The van der Waals surface area contributed by atoms with Gasteiger partial charge in [0.1, 0.15) is 0 Å². The minimum atomic E-state index is -1.99. The van der Waals surface area contributed by atoms with Crippen LogP contribution in [0.5, 0.6) is 0 Å². The molecule has 3 nitrogen and oxygen atoms in total. The van der Waals surface area contributed by atoms with E-state index in [4.69, 9.17) is 0 Å². The molecule has 0 spiro atoms. The van der Waals surface area contributed by atoms with Gasteiger partial charge in [-0.15, -0.1) is 0 Å². The van der Waals surface area contributed by atoms with E-state index in [1.807, 2.05) is 0 Å². The van der Waals surface area contributed by atoms with Gasteiger partial charge in [0, 0.05) is 0 Å². The molecule has 0 rings (SSSR count). The number of hydrogen-bond donors (Lipinski definition) is 0. The van der Waals surface area contributed by atoms with Gasteiger partial charge in [-0.2, -0.15) is 8.78 Å². The van der Waals surface area contributed by atoms with Crippen molar-refractivity contribution in [1.82, 2.24) is 0 Å². The molecule has 0 heterocycles. The van der Waals surface area contributed by atoms with E-state index in [0.29, 0.717) is 0 Å². The maximum absolute atomic E-state index is 12.1. The second kappa shape index (κ2) is 5.29. The second-order valence-electron chi connectivity index (χ2n) is 1.66. The third-order valence-corrected chi connectivity index (χ3v) is 0.788. The predicted octanol–water partition coefficient (Wildman–Crippen LogP) is 2.10. The topological polar surface area (TPSA) is 35.5 Å². The van der Waals surface area contributed by atoms with Crippen molar-refractivity contribution in [3.8, 4) is 0 Å². The first-order chi connectivity index (χ1) is 5.60. The molecule has 0 saturated carbocycles. The van der Waals surface area contributed by atoms with Crippen molar-refractivity contribution >= 4 is 6.16 Å². The molecule has 0 aromatic heterocycles. The predicted molar refractivity (Wildman–Crippen MR) is 37.8 cm³/mol. The Balaban J connectivity index is 3.73.